The van der Waals surface area contributed by atoms with Crippen LogP contribution in [0.5, 0.6) is 0 Å². The summed E-state index contributed by atoms with van der Waals surface area (Å²) in [5.41, 5.74) is 4.71. The molecule has 0 aliphatic carbocycles. The molecule has 1 aliphatic heterocycles. The molecule has 120 valence electrons. The first kappa shape index (κ1) is 15.0. The van der Waals surface area contributed by atoms with Gasteiger partial charge in [-0.3, -0.25) is 9.59 Å². The van der Waals surface area contributed by atoms with Crippen LogP contribution in [0.15, 0.2) is 42.5 Å². The van der Waals surface area contributed by atoms with Gasteiger partial charge in [-0.15, -0.1) is 0 Å². The molecule has 0 spiro atoms. The molecule has 1 atom stereocenters. The van der Waals surface area contributed by atoms with Crippen LogP contribution in [-0.4, -0.2) is 29.1 Å². The maximum Gasteiger partial charge on any atom is 0.210 e. The summed E-state index contributed by atoms with van der Waals surface area (Å²) >= 11 is 6.15. The molecule has 1 unspecified atom stereocenters. The van der Waals surface area contributed by atoms with Crippen LogP contribution in [0.4, 0.5) is 0 Å². The lowest BCUT2D eigenvalue weighted by atomic mass is 9.92. The molecule has 5 heteroatoms. The molecular formula is C19H15ClN2O2. The molecule has 1 amide bonds. The van der Waals surface area contributed by atoms with Crippen molar-refractivity contribution in [1.82, 2.24) is 9.88 Å². The van der Waals surface area contributed by atoms with E-state index in [1.54, 1.807) is 11.0 Å². The van der Waals surface area contributed by atoms with Gasteiger partial charge in [0.05, 0.1) is 6.04 Å². The second kappa shape index (κ2) is 5.80. The van der Waals surface area contributed by atoms with Crippen molar-refractivity contribution in [3.8, 4) is 0 Å². The van der Waals surface area contributed by atoms with E-state index >= 15 is 0 Å². The van der Waals surface area contributed by atoms with Crippen molar-refractivity contribution in [3.05, 3.63) is 69.9 Å². The van der Waals surface area contributed by atoms with Crippen LogP contribution in [0.25, 0.3) is 10.9 Å². The van der Waals surface area contributed by atoms with Crippen LogP contribution >= 0.6 is 11.6 Å². The van der Waals surface area contributed by atoms with E-state index in [0.29, 0.717) is 17.1 Å². The van der Waals surface area contributed by atoms with Crippen molar-refractivity contribution < 1.29 is 9.59 Å². The SMILES string of the molecule is O=Cc1cccc(C2c3[nH]c4ccc(Cl)cc4c3CCN2C=O)c1. The summed E-state index contributed by atoms with van der Waals surface area (Å²) in [6.45, 7) is 0.631. The Hall–Kier alpha value is -2.59. The maximum absolute atomic E-state index is 11.6. The molecule has 0 saturated heterocycles. The highest BCUT2D eigenvalue weighted by Gasteiger charge is 2.31. The number of hydrogen-bond acceptors (Lipinski definition) is 2. The summed E-state index contributed by atoms with van der Waals surface area (Å²) in [5, 5.41) is 1.79. The Morgan fingerprint density at radius 1 is 1.17 bits per heavy atom. The molecule has 3 aromatic rings. The van der Waals surface area contributed by atoms with Crippen molar-refractivity contribution in [1.29, 1.82) is 0 Å². The minimum absolute atomic E-state index is 0.225. The normalized spacial score (nSPS) is 16.9. The number of amides is 1. The highest BCUT2D eigenvalue weighted by molar-refractivity contribution is 6.31. The van der Waals surface area contributed by atoms with E-state index in [2.05, 4.69) is 4.98 Å². The zero-order valence-corrected chi connectivity index (χ0v) is 13.6. The Bertz CT molecular complexity index is 948. The third kappa shape index (κ3) is 2.31. The third-order valence-electron chi connectivity index (χ3n) is 4.62. The number of benzene rings is 2. The van der Waals surface area contributed by atoms with E-state index in [4.69, 9.17) is 11.6 Å². The zero-order valence-electron chi connectivity index (χ0n) is 12.8. The topological polar surface area (TPSA) is 53.2 Å². The van der Waals surface area contributed by atoms with E-state index in [0.717, 1.165) is 41.3 Å². The zero-order chi connectivity index (χ0) is 16.7. The number of rotatable bonds is 3. The largest absolute Gasteiger partial charge is 0.356 e. The average molecular weight is 339 g/mol. The van der Waals surface area contributed by atoms with Crippen molar-refractivity contribution in [2.75, 3.05) is 6.54 Å². The third-order valence-corrected chi connectivity index (χ3v) is 4.86. The Morgan fingerprint density at radius 3 is 2.83 bits per heavy atom. The van der Waals surface area contributed by atoms with Gasteiger partial charge in [0.2, 0.25) is 6.41 Å². The Labute approximate surface area is 144 Å². The molecule has 0 bridgehead atoms. The lowest BCUT2D eigenvalue weighted by Crippen LogP contribution is -2.35. The molecule has 4 rings (SSSR count). The molecule has 1 aromatic heterocycles. The quantitative estimate of drug-likeness (QED) is 0.740. The van der Waals surface area contributed by atoms with Crippen LogP contribution < -0.4 is 0 Å². The van der Waals surface area contributed by atoms with Gasteiger partial charge in [0.15, 0.2) is 0 Å². The summed E-state index contributed by atoms with van der Waals surface area (Å²) in [7, 11) is 0. The number of carbonyl (C=O) groups is 2. The van der Waals surface area contributed by atoms with Crippen molar-refractivity contribution >= 4 is 35.2 Å². The lowest BCUT2D eigenvalue weighted by Gasteiger charge is -2.33. The fraction of sp³-hybridized carbons (Fsp3) is 0.158. The standard InChI is InChI=1S/C19H15ClN2O2/c20-14-4-5-17-16(9-14)15-6-7-22(11-24)19(18(15)21-17)13-3-1-2-12(8-13)10-23/h1-5,8-11,19,21H,6-7H2. The summed E-state index contributed by atoms with van der Waals surface area (Å²) < 4.78 is 0. The van der Waals surface area contributed by atoms with Crippen LogP contribution in [0.3, 0.4) is 0 Å². The fourth-order valence-corrected chi connectivity index (χ4v) is 3.73. The number of fused-ring (bicyclic) bond motifs is 3. The molecule has 0 saturated carbocycles. The Morgan fingerprint density at radius 2 is 2.04 bits per heavy atom. The molecule has 0 fully saturated rings. The monoisotopic (exact) mass is 338 g/mol. The van der Waals surface area contributed by atoms with E-state index in [1.165, 1.54) is 5.56 Å². The van der Waals surface area contributed by atoms with E-state index in [9.17, 15) is 9.59 Å². The number of halogens is 1. The molecule has 1 aliphatic rings. The first-order valence-corrected chi connectivity index (χ1v) is 8.15. The number of hydrogen-bond donors (Lipinski definition) is 1. The van der Waals surface area contributed by atoms with Gasteiger partial charge >= 0.3 is 0 Å². The van der Waals surface area contributed by atoms with Gasteiger partial charge in [-0.1, -0.05) is 29.8 Å². The van der Waals surface area contributed by atoms with Crippen molar-refractivity contribution in [3.63, 3.8) is 0 Å². The van der Waals surface area contributed by atoms with Gasteiger partial charge in [-0.25, -0.2) is 0 Å². The minimum Gasteiger partial charge on any atom is -0.356 e. The van der Waals surface area contributed by atoms with Crippen molar-refractivity contribution in [2.45, 2.75) is 12.5 Å². The highest BCUT2D eigenvalue weighted by Crippen LogP contribution is 2.38. The summed E-state index contributed by atoms with van der Waals surface area (Å²) in [4.78, 5) is 27.9. The smallest absolute Gasteiger partial charge is 0.210 e. The molecule has 24 heavy (non-hydrogen) atoms. The van der Waals surface area contributed by atoms with Gasteiger partial charge in [0, 0.05) is 33.7 Å². The Balaban J connectivity index is 1.93. The summed E-state index contributed by atoms with van der Waals surface area (Å²) in [6.07, 6.45) is 2.47. The summed E-state index contributed by atoms with van der Waals surface area (Å²) in [5.74, 6) is 0. The number of H-pyrrole nitrogens is 1. The van der Waals surface area contributed by atoms with Crippen LogP contribution in [-0.2, 0) is 11.2 Å². The number of aromatic amines is 1. The molecule has 0 radical (unpaired) electrons. The first-order chi connectivity index (χ1) is 11.7. The highest BCUT2D eigenvalue weighted by atomic mass is 35.5. The van der Waals surface area contributed by atoms with Crippen LogP contribution in [0.2, 0.25) is 5.02 Å². The predicted molar refractivity (Wildman–Crippen MR) is 93.5 cm³/mol. The van der Waals surface area contributed by atoms with Crippen LogP contribution in [0.1, 0.15) is 33.2 Å². The maximum atomic E-state index is 11.6. The van der Waals surface area contributed by atoms with E-state index < -0.39 is 0 Å². The Kier molecular flexibility index (Phi) is 3.62. The van der Waals surface area contributed by atoms with Gasteiger partial charge in [0.25, 0.3) is 0 Å². The predicted octanol–water partition coefficient (Wildman–Crippen LogP) is 3.74. The van der Waals surface area contributed by atoms with Crippen LogP contribution in [0, 0.1) is 0 Å². The molecule has 2 aromatic carbocycles. The lowest BCUT2D eigenvalue weighted by molar-refractivity contribution is -0.120. The van der Waals surface area contributed by atoms with Gasteiger partial charge in [0.1, 0.15) is 6.29 Å². The van der Waals surface area contributed by atoms with Gasteiger partial charge < -0.3 is 9.88 Å². The number of nitrogens with zero attached hydrogens (tertiary/aromatic N) is 1. The number of nitrogens with one attached hydrogen (secondary N) is 1. The second-order valence-electron chi connectivity index (χ2n) is 5.99. The molecular weight excluding hydrogens is 324 g/mol. The minimum atomic E-state index is -0.225. The summed E-state index contributed by atoms with van der Waals surface area (Å²) in [6, 6.07) is 12.9. The van der Waals surface area contributed by atoms with E-state index in [-0.39, 0.29) is 6.04 Å². The second-order valence-corrected chi connectivity index (χ2v) is 6.43. The van der Waals surface area contributed by atoms with Crippen molar-refractivity contribution in [2.24, 2.45) is 0 Å². The number of aromatic nitrogens is 1. The molecule has 1 N–H and O–H groups in total. The number of carbonyl (C=O) groups excluding carboxylic acids is 2. The fourth-order valence-electron chi connectivity index (χ4n) is 3.55. The average Bonchev–Trinajstić information content (AvgIpc) is 2.98. The molecule has 2 heterocycles. The molecule has 4 nitrogen and oxygen atoms in total. The van der Waals surface area contributed by atoms with Gasteiger partial charge in [-0.05, 0) is 41.8 Å². The van der Waals surface area contributed by atoms with Gasteiger partial charge in [-0.2, -0.15) is 0 Å². The number of aldehydes is 1. The van der Waals surface area contributed by atoms with E-state index in [1.807, 2.05) is 36.4 Å². The first-order valence-electron chi connectivity index (χ1n) is 7.77.